The molecule has 0 atom stereocenters. The summed E-state index contributed by atoms with van der Waals surface area (Å²) >= 11 is 5.62. The van der Waals surface area contributed by atoms with Crippen LogP contribution in [0.15, 0.2) is 24.5 Å². The summed E-state index contributed by atoms with van der Waals surface area (Å²) in [7, 11) is 0. The second-order valence-corrected chi connectivity index (χ2v) is 7.77. The maximum absolute atomic E-state index is 11.7. The van der Waals surface area contributed by atoms with Crippen molar-refractivity contribution in [2.24, 2.45) is 0 Å². The number of hydrogen-bond acceptors (Lipinski definition) is 7. The van der Waals surface area contributed by atoms with E-state index in [1.807, 2.05) is 0 Å². The van der Waals surface area contributed by atoms with E-state index in [0.29, 0.717) is 16.8 Å². The monoisotopic (exact) mass is 434 g/mol. The predicted octanol–water partition coefficient (Wildman–Crippen LogP) is 4.18. The molecule has 2 rings (SSSR count). The number of esters is 1. The first kappa shape index (κ1) is 24.9. The summed E-state index contributed by atoms with van der Waals surface area (Å²) in [6, 6.07) is 2.82. The molecule has 0 amide bonds. The maximum atomic E-state index is 11.7. The Morgan fingerprint density at radius 3 is 1.83 bits per heavy atom. The SMILES string of the molecule is CC(=O)c1ncc(C(=O)O)cc1Cl.CC(=O)c1ncc(C(=O)OC(C)(C)C)cc1C. The Balaban J connectivity index is 0.000000311. The lowest BCUT2D eigenvalue weighted by molar-refractivity contribution is 0.00684. The number of hydrogen-bond donors (Lipinski definition) is 1. The number of carboxylic acid groups (broad SMARTS) is 1. The molecule has 0 saturated heterocycles. The van der Waals surface area contributed by atoms with Gasteiger partial charge in [-0.15, -0.1) is 0 Å². The van der Waals surface area contributed by atoms with E-state index in [0.717, 1.165) is 6.20 Å². The predicted molar refractivity (Wildman–Crippen MR) is 110 cm³/mol. The molecule has 2 heterocycles. The first-order valence-corrected chi connectivity index (χ1v) is 9.21. The largest absolute Gasteiger partial charge is 0.478 e. The Bertz CT molecular complexity index is 995. The molecule has 2 aromatic heterocycles. The summed E-state index contributed by atoms with van der Waals surface area (Å²) in [6.45, 7) is 9.91. The van der Waals surface area contributed by atoms with Crippen molar-refractivity contribution >= 4 is 35.1 Å². The lowest BCUT2D eigenvalue weighted by Gasteiger charge is -2.19. The van der Waals surface area contributed by atoms with Crippen molar-refractivity contribution in [1.82, 2.24) is 9.97 Å². The van der Waals surface area contributed by atoms with Gasteiger partial charge in [0.1, 0.15) is 17.0 Å². The van der Waals surface area contributed by atoms with E-state index in [2.05, 4.69) is 9.97 Å². The molecule has 0 fully saturated rings. The Hall–Kier alpha value is -3.13. The fraction of sp³-hybridized carbons (Fsp3) is 0.333. The Morgan fingerprint density at radius 2 is 1.43 bits per heavy atom. The Labute approximate surface area is 179 Å². The molecule has 160 valence electrons. The number of ketones is 2. The molecule has 2 aromatic rings. The number of carbonyl (C=O) groups is 4. The van der Waals surface area contributed by atoms with Gasteiger partial charge in [-0.25, -0.2) is 9.59 Å². The van der Waals surface area contributed by atoms with Gasteiger partial charge in [0.25, 0.3) is 0 Å². The van der Waals surface area contributed by atoms with Gasteiger partial charge in [-0.05, 0) is 45.4 Å². The Morgan fingerprint density at radius 1 is 0.933 bits per heavy atom. The second kappa shape index (κ2) is 10.1. The number of carboxylic acids is 1. The van der Waals surface area contributed by atoms with E-state index in [-0.39, 0.29) is 27.8 Å². The summed E-state index contributed by atoms with van der Waals surface area (Å²) < 4.78 is 5.22. The van der Waals surface area contributed by atoms with Gasteiger partial charge < -0.3 is 9.84 Å². The van der Waals surface area contributed by atoms with E-state index in [1.54, 1.807) is 33.8 Å². The zero-order chi connectivity index (χ0) is 23.2. The Kier molecular flexibility index (Phi) is 8.36. The minimum absolute atomic E-state index is 0.0324. The number of nitrogens with zero attached hydrogens (tertiary/aromatic N) is 2. The molecule has 0 bridgehead atoms. The van der Waals surface area contributed by atoms with Gasteiger partial charge in [0, 0.05) is 26.2 Å². The van der Waals surface area contributed by atoms with E-state index < -0.39 is 17.5 Å². The summed E-state index contributed by atoms with van der Waals surface area (Å²) in [4.78, 5) is 51.9. The highest BCUT2D eigenvalue weighted by atomic mass is 35.5. The molecule has 0 unspecified atom stereocenters. The second-order valence-electron chi connectivity index (χ2n) is 7.36. The molecule has 0 aromatic carbocycles. The highest BCUT2D eigenvalue weighted by molar-refractivity contribution is 6.33. The third kappa shape index (κ3) is 7.36. The van der Waals surface area contributed by atoms with Crippen LogP contribution >= 0.6 is 11.6 Å². The van der Waals surface area contributed by atoms with Crippen LogP contribution in [0.25, 0.3) is 0 Å². The standard InChI is InChI=1S/C13H17NO3.C8H6ClNO3/c1-8-6-10(7-14-11(8)9(2)15)12(16)17-13(3,4)5;1-4(11)7-6(9)2-5(3-10-7)8(12)13/h6-7H,1-5H3;2-3H,1H3,(H,12,13). The summed E-state index contributed by atoms with van der Waals surface area (Å²) in [5, 5.41) is 8.62. The van der Waals surface area contributed by atoms with Crippen molar-refractivity contribution in [1.29, 1.82) is 0 Å². The van der Waals surface area contributed by atoms with Crippen molar-refractivity contribution in [2.75, 3.05) is 0 Å². The minimum Gasteiger partial charge on any atom is -0.478 e. The van der Waals surface area contributed by atoms with Crippen LogP contribution in [0.2, 0.25) is 5.02 Å². The number of ether oxygens (including phenoxy) is 1. The third-order valence-electron chi connectivity index (χ3n) is 3.47. The van der Waals surface area contributed by atoms with Gasteiger partial charge >= 0.3 is 11.9 Å². The number of rotatable bonds is 4. The molecule has 9 heteroatoms. The number of pyridine rings is 2. The van der Waals surface area contributed by atoms with Gasteiger partial charge in [-0.1, -0.05) is 11.6 Å². The molecule has 0 aliphatic rings. The lowest BCUT2D eigenvalue weighted by atomic mass is 10.1. The van der Waals surface area contributed by atoms with Crippen LogP contribution in [0.3, 0.4) is 0 Å². The van der Waals surface area contributed by atoms with Crippen molar-refractivity contribution < 1.29 is 29.0 Å². The van der Waals surface area contributed by atoms with Gasteiger partial charge in [-0.2, -0.15) is 0 Å². The van der Waals surface area contributed by atoms with Crippen LogP contribution < -0.4 is 0 Å². The first-order valence-electron chi connectivity index (χ1n) is 8.83. The van der Waals surface area contributed by atoms with Crippen molar-refractivity contribution in [3.05, 3.63) is 57.6 Å². The van der Waals surface area contributed by atoms with Crippen LogP contribution in [0, 0.1) is 6.92 Å². The molecule has 0 radical (unpaired) electrons. The average molecular weight is 435 g/mol. The highest BCUT2D eigenvalue weighted by Gasteiger charge is 2.19. The molecule has 1 N–H and O–H groups in total. The molecule has 0 aliphatic heterocycles. The normalized spacial score (nSPS) is 10.5. The van der Waals surface area contributed by atoms with E-state index in [4.69, 9.17) is 21.4 Å². The van der Waals surface area contributed by atoms with Crippen LogP contribution in [-0.2, 0) is 4.74 Å². The minimum atomic E-state index is -1.12. The molecule has 8 nitrogen and oxygen atoms in total. The van der Waals surface area contributed by atoms with E-state index in [9.17, 15) is 19.2 Å². The van der Waals surface area contributed by atoms with E-state index in [1.165, 1.54) is 26.1 Å². The van der Waals surface area contributed by atoms with Crippen LogP contribution in [0.5, 0.6) is 0 Å². The number of aromatic nitrogens is 2. The molecular formula is C21H23ClN2O6. The van der Waals surface area contributed by atoms with Crippen LogP contribution in [0.1, 0.15) is 81.9 Å². The summed E-state index contributed by atoms with van der Waals surface area (Å²) in [6.07, 6.45) is 2.47. The molecule has 30 heavy (non-hydrogen) atoms. The molecule has 0 aliphatic carbocycles. The zero-order valence-electron chi connectivity index (χ0n) is 17.6. The molecular weight excluding hydrogens is 412 g/mol. The van der Waals surface area contributed by atoms with Gasteiger partial charge in [-0.3, -0.25) is 19.6 Å². The van der Waals surface area contributed by atoms with Crippen LogP contribution in [0.4, 0.5) is 0 Å². The van der Waals surface area contributed by atoms with Gasteiger partial charge in [0.15, 0.2) is 11.6 Å². The molecule has 0 saturated carbocycles. The van der Waals surface area contributed by atoms with Crippen molar-refractivity contribution in [3.8, 4) is 0 Å². The number of halogens is 1. The summed E-state index contributed by atoms with van der Waals surface area (Å²) in [5.41, 5.74) is 0.951. The van der Waals surface area contributed by atoms with Crippen LogP contribution in [-0.4, -0.2) is 44.2 Å². The fourth-order valence-electron chi connectivity index (χ4n) is 2.21. The van der Waals surface area contributed by atoms with E-state index >= 15 is 0 Å². The summed E-state index contributed by atoms with van der Waals surface area (Å²) in [5.74, 6) is -1.95. The van der Waals surface area contributed by atoms with Gasteiger partial charge in [0.2, 0.25) is 0 Å². The quantitative estimate of drug-likeness (QED) is 0.561. The number of Topliss-reactive ketones (excluding diaryl/α,β-unsaturated/α-hetero) is 2. The topological polar surface area (TPSA) is 124 Å². The van der Waals surface area contributed by atoms with Gasteiger partial charge in [0.05, 0.1) is 16.1 Å². The van der Waals surface area contributed by atoms with Crippen molar-refractivity contribution in [3.63, 3.8) is 0 Å². The maximum Gasteiger partial charge on any atom is 0.340 e. The zero-order valence-corrected chi connectivity index (χ0v) is 18.3. The lowest BCUT2D eigenvalue weighted by Crippen LogP contribution is -2.24. The fourth-order valence-corrected chi connectivity index (χ4v) is 2.51. The third-order valence-corrected chi connectivity index (χ3v) is 3.76. The average Bonchev–Trinajstić information content (AvgIpc) is 2.59. The molecule has 0 spiro atoms. The number of carbonyl (C=O) groups excluding carboxylic acids is 3. The van der Waals surface area contributed by atoms with Crippen molar-refractivity contribution in [2.45, 2.75) is 47.1 Å². The highest BCUT2D eigenvalue weighted by Crippen LogP contribution is 2.16. The smallest absolute Gasteiger partial charge is 0.340 e. The number of aromatic carboxylic acids is 1. The number of aryl methyl sites for hydroxylation is 1. The first-order chi connectivity index (χ1) is 13.7.